The lowest BCUT2D eigenvalue weighted by Gasteiger charge is -2.37. The van der Waals surface area contributed by atoms with Crippen molar-refractivity contribution in [3.05, 3.63) is 41.0 Å². The van der Waals surface area contributed by atoms with E-state index in [0.717, 1.165) is 22.0 Å². The van der Waals surface area contributed by atoms with E-state index in [0.29, 0.717) is 52.5 Å². The van der Waals surface area contributed by atoms with Crippen LogP contribution in [0.2, 0.25) is 23.2 Å². The molecule has 3 heterocycles. The van der Waals surface area contributed by atoms with Gasteiger partial charge in [-0.25, -0.2) is 9.97 Å². The number of rotatable bonds is 5. The molecule has 2 aromatic heterocycles. The Balaban J connectivity index is 1.49. The molecular weight excluding hydrogens is 496 g/mol. The molecule has 1 atom stereocenters. The number of ether oxygens (including phenoxy) is 3. The molecule has 190 valence electrons. The van der Waals surface area contributed by atoms with Crippen LogP contribution in [0.5, 0.6) is 17.4 Å². The summed E-state index contributed by atoms with van der Waals surface area (Å²) in [4.78, 5) is 9.10. The normalized spacial score (nSPS) is 16.1. The minimum Gasteiger partial charge on any atom is -0.485 e. The number of methoxy groups -OCH3 is 1. The van der Waals surface area contributed by atoms with Crippen LogP contribution in [0.4, 0.5) is 0 Å². The number of nitrogens with zero attached hydrogens (tertiary/aromatic N) is 2. The Kier molecular flexibility index (Phi) is 6.17. The Morgan fingerprint density at radius 3 is 2.67 bits per heavy atom. The molecule has 0 saturated carbocycles. The molecule has 36 heavy (non-hydrogen) atoms. The van der Waals surface area contributed by atoms with Gasteiger partial charge in [0.25, 0.3) is 0 Å². The van der Waals surface area contributed by atoms with Gasteiger partial charge in [0, 0.05) is 11.6 Å². The Hall–Kier alpha value is -2.81. The van der Waals surface area contributed by atoms with E-state index in [2.05, 4.69) is 43.8 Å². The van der Waals surface area contributed by atoms with E-state index in [1.165, 1.54) is 0 Å². The lowest BCUT2D eigenvalue weighted by molar-refractivity contribution is 0.0503. The molecule has 0 spiro atoms. The summed E-state index contributed by atoms with van der Waals surface area (Å²) >= 11 is 6.64. The maximum absolute atomic E-state index is 6.64. The molecule has 0 bridgehead atoms. The topological polar surface area (TPSA) is 75.8 Å². The van der Waals surface area contributed by atoms with Gasteiger partial charge < -0.3 is 23.1 Å². The van der Waals surface area contributed by atoms with E-state index in [1.54, 1.807) is 19.4 Å². The fraction of sp³-hybridized carbons (Fsp3) is 0.407. The highest BCUT2D eigenvalue weighted by atomic mass is 35.5. The first-order valence-corrected chi connectivity index (χ1v) is 15.3. The average Bonchev–Trinajstić information content (AvgIpc) is 3.27. The van der Waals surface area contributed by atoms with Gasteiger partial charge in [-0.05, 0) is 48.8 Å². The Bertz CT molecular complexity index is 1460. The number of benzene rings is 2. The molecule has 0 amide bonds. The van der Waals surface area contributed by atoms with E-state index in [9.17, 15) is 0 Å². The van der Waals surface area contributed by atoms with Crippen molar-refractivity contribution >= 4 is 41.9 Å². The average molecular weight is 527 g/mol. The lowest BCUT2D eigenvalue weighted by Crippen LogP contribution is -2.45. The van der Waals surface area contributed by atoms with Crippen LogP contribution in [0, 0.1) is 6.92 Å². The van der Waals surface area contributed by atoms with E-state index < -0.39 is 8.32 Å². The summed E-state index contributed by atoms with van der Waals surface area (Å²) in [5.74, 6) is 2.30. The van der Waals surface area contributed by atoms with Crippen LogP contribution in [0.3, 0.4) is 0 Å². The molecule has 4 aromatic rings. The monoisotopic (exact) mass is 526 g/mol. The van der Waals surface area contributed by atoms with Gasteiger partial charge in [-0.2, -0.15) is 0 Å². The van der Waals surface area contributed by atoms with Gasteiger partial charge >= 0.3 is 0 Å². The highest BCUT2D eigenvalue weighted by molar-refractivity contribution is 6.74. The summed E-state index contributed by atoms with van der Waals surface area (Å²) in [6.45, 7) is 14.0. The van der Waals surface area contributed by atoms with Gasteiger partial charge in [-0.1, -0.05) is 32.4 Å². The highest BCUT2D eigenvalue weighted by Crippen LogP contribution is 2.46. The molecule has 2 aromatic carbocycles. The first kappa shape index (κ1) is 24.9. The number of furan rings is 1. The van der Waals surface area contributed by atoms with Crippen molar-refractivity contribution in [2.45, 2.75) is 51.9 Å². The molecule has 0 aliphatic carbocycles. The molecule has 7 nitrogen and oxygen atoms in total. The van der Waals surface area contributed by atoms with Crippen LogP contribution in [-0.2, 0) is 4.43 Å². The maximum atomic E-state index is 6.64. The van der Waals surface area contributed by atoms with Gasteiger partial charge in [0.1, 0.15) is 12.4 Å². The molecule has 1 aliphatic rings. The third-order valence-corrected chi connectivity index (χ3v) is 11.8. The lowest BCUT2D eigenvalue weighted by atomic mass is 10.1. The zero-order valence-corrected chi connectivity index (χ0v) is 23.4. The third-order valence-electron chi connectivity index (χ3n) is 7.06. The Labute approximate surface area is 216 Å². The predicted octanol–water partition coefficient (Wildman–Crippen LogP) is 7.18. The van der Waals surface area contributed by atoms with Gasteiger partial charge in [-0.3, -0.25) is 0 Å². The number of hydrogen-bond acceptors (Lipinski definition) is 7. The van der Waals surface area contributed by atoms with E-state index in [-0.39, 0.29) is 11.1 Å². The van der Waals surface area contributed by atoms with Gasteiger partial charge in [0.2, 0.25) is 5.88 Å². The third kappa shape index (κ3) is 4.42. The second-order valence-corrected chi connectivity index (χ2v) is 16.0. The van der Waals surface area contributed by atoms with Crippen LogP contribution in [-0.4, -0.2) is 44.7 Å². The number of halogens is 1. The Morgan fingerprint density at radius 1 is 1.17 bits per heavy atom. The number of fused-ring (bicyclic) bond motifs is 4. The van der Waals surface area contributed by atoms with Crippen LogP contribution in [0.25, 0.3) is 33.3 Å². The van der Waals surface area contributed by atoms with Crippen molar-refractivity contribution in [2.75, 3.05) is 20.3 Å². The number of hydrogen-bond donors (Lipinski definition) is 0. The largest absolute Gasteiger partial charge is 0.485 e. The summed E-state index contributed by atoms with van der Waals surface area (Å²) in [7, 11) is -0.326. The minimum atomic E-state index is -1.90. The van der Waals surface area contributed by atoms with E-state index >= 15 is 0 Å². The Morgan fingerprint density at radius 2 is 1.94 bits per heavy atom. The van der Waals surface area contributed by atoms with Crippen molar-refractivity contribution in [1.82, 2.24) is 9.97 Å². The quantitative estimate of drug-likeness (QED) is 0.255. The smallest absolute Gasteiger partial charge is 0.232 e. The molecule has 5 rings (SSSR count). The van der Waals surface area contributed by atoms with Gasteiger partial charge in [0.15, 0.2) is 31.5 Å². The van der Waals surface area contributed by atoms with Gasteiger partial charge in [0.05, 0.1) is 41.4 Å². The van der Waals surface area contributed by atoms with Crippen LogP contribution >= 0.6 is 11.6 Å². The van der Waals surface area contributed by atoms with E-state index in [4.69, 9.17) is 34.7 Å². The molecule has 0 saturated heterocycles. The summed E-state index contributed by atoms with van der Waals surface area (Å²) in [6, 6.07) is 7.67. The zero-order chi connectivity index (χ0) is 25.8. The second-order valence-electron chi connectivity index (χ2n) is 10.8. The fourth-order valence-electron chi connectivity index (χ4n) is 4.01. The maximum Gasteiger partial charge on any atom is 0.232 e. The second kappa shape index (κ2) is 8.94. The molecule has 0 radical (unpaired) electrons. The van der Waals surface area contributed by atoms with Crippen molar-refractivity contribution < 1.29 is 23.1 Å². The molecular formula is C27H31ClN2O5Si. The van der Waals surface area contributed by atoms with Crippen molar-refractivity contribution in [1.29, 1.82) is 0 Å². The number of aryl methyl sites for hydroxylation is 1. The summed E-state index contributed by atoms with van der Waals surface area (Å²) in [5, 5.41) is 1.33. The number of aromatic nitrogens is 2. The van der Waals surface area contributed by atoms with Crippen LogP contribution in [0.1, 0.15) is 26.3 Å². The van der Waals surface area contributed by atoms with Crippen LogP contribution < -0.4 is 14.2 Å². The summed E-state index contributed by atoms with van der Waals surface area (Å²) in [5.41, 5.74) is 3.82. The van der Waals surface area contributed by atoms with Crippen molar-refractivity contribution in [3.63, 3.8) is 0 Å². The van der Waals surface area contributed by atoms with Crippen LogP contribution in [0.15, 0.2) is 34.9 Å². The predicted molar refractivity (Wildman–Crippen MR) is 144 cm³/mol. The zero-order valence-electron chi connectivity index (χ0n) is 21.7. The fourth-order valence-corrected chi connectivity index (χ4v) is 5.28. The molecule has 0 N–H and O–H groups in total. The SMILES string of the molecule is COc1cnc2c(-c3cc4c5c(cc(Cl)c4o3)OC(CO[Si](C)(C)C(C)(C)C)CO5)cc(C)cc2n1. The molecule has 1 unspecified atom stereocenters. The van der Waals surface area contributed by atoms with Crippen molar-refractivity contribution in [2.24, 2.45) is 0 Å². The molecule has 1 aliphatic heterocycles. The summed E-state index contributed by atoms with van der Waals surface area (Å²) in [6.07, 6.45) is 1.39. The van der Waals surface area contributed by atoms with Crippen molar-refractivity contribution in [3.8, 4) is 28.7 Å². The van der Waals surface area contributed by atoms with E-state index in [1.807, 2.05) is 25.1 Å². The molecule has 0 fully saturated rings. The first-order chi connectivity index (χ1) is 17.0. The summed E-state index contributed by atoms with van der Waals surface area (Å²) < 4.78 is 30.3. The van der Waals surface area contributed by atoms with Gasteiger partial charge in [-0.15, -0.1) is 0 Å². The standard InChI is InChI=1S/C27H31ClN2O5Si/c1-15-8-17(24-20(9-15)30-23(31-5)12-29-24)21-10-18-25(35-21)19(28)11-22-26(18)32-13-16(34-22)14-33-36(6,7)27(2,3)4/h8-12,16H,13-14H2,1-7H3. The first-order valence-electron chi connectivity index (χ1n) is 12.0. The molecule has 9 heteroatoms. The minimum absolute atomic E-state index is 0.124. The highest BCUT2D eigenvalue weighted by Gasteiger charge is 2.38.